The molecule has 0 spiro atoms. The van der Waals surface area contributed by atoms with Crippen LogP contribution >= 0.6 is 0 Å². The summed E-state index contributed by atoms with van der Waals surface area (Å²) in [5, 5.41) is 0. The van der Waals surface area contributed by atoms with Gasteiger partial charge in [-0.1, -0.05) is 27.7 Å². The van der Waals surface area contributed by atoms with E-state index in [0.717, 1.165) is 44.3 Å². The summed E-state index contributed by atoms with van der Waals surface area (Å²) in [7, 11) is -3.06. The zero-order valence-electron chi connectivity index (χ0n) is 13.8. The van der Waals surface area contributed by atoms with Gasteiger partial charge < -0.3 is 4.90 Å². The number of piperidine rings is 1. The van der Waals surface area contributed by atoms with E-state index >= 15 is 0 Å². The van der Waals surface area contributed by atoms with Crippen molar-refractivity contribution >= 4 is 10.0 Å². The second-order valence-corrected chi connectivity index (χ2v) is 8.67. The number of hydrogen-bond acceptors (Lipinski definition) is 3. The topological polar surface area (TPSA) is 40.6 Å². The summed E-state index contributed by atoms with van der Waals surface area (Å²) < 4.78 is 25.2. The molecule has 1 heterocycles. The minimum Gasteiger partial charge on any atom is -0.303 e. The molecular formula is C15H32N2O2S. The number of sulfonamides is 1. The summed E-state index contributed by atoms with van der Waals surface area (Å²) in [4.78, 5) is 2.50. The van der Waals surface area contributed by atoms with Crippen LogP contribution < -0.4 is 0 Å². The zero-order valence-corrected chi connectivity index (χ0v) is 14.6. The molecule has 0 aromatic rings. The van der Waals surface area contributed by atoms with Gasteiger partial charge >= 0.3 is 0 Å². The molecule has 1 atom stereocenters. The molecular weight excluding hydrogens is 272 g/mol. The predicted octanol–water partition coefficient (Wildman–Crippen LogP) is 2.41. The highest BCUT2D eigenvalue weighted by Crippen LogP contribution is 2.21. The van der Waals surface area contributed by atoms with E-state index in [-0.39, 0.29) is 6.04 Å². The van der Waals surface area contributed by atoms with E-state index in [1.165, 1.54) is 12.7 Å². The van der Waals surface area contributed by atoms with Crippen LogP contribution in [0.3, 0.4) is 0 Å². The Morgan fingerprint density at radius 1 is 1.20 bits per heavy atom. The Morgan fingerprint density at radius 3 is 2.15 bits per heavy atom. The SMILES string of the molecule is CCN(C1CCN(CC(C)CC(C)C)CC1)S(C)(=O)=O. The van der Waals surface area contributed by atoms with Gasteiger partial charge in [0, 0.05) is 19.1 Å². The molecule has 120 valence electrons. The molecule has 0 aromatic heterocycles. The lowest BCUT2D eigenvalue weighted by Crippen LogP contribution is -2.47. The molecule has 4 nitrogen and oxygen atoms in total. The Hall–Kier alpha value is -0.130. The molecule has 1 rings (SSSR count). The second kappa shape index (κ2) is 7.76. The Kier molecular flexibility index (Phi) is 6.95. The lowest BCUT2D eigenvalue weighted by molar-refractivity contribution is 0.142. The molecule has 0 radical (unpaired) electrons. The first-order valence-electron chi connectivity index (χ1n) is 7.93. The molecule has 1 aliphatic heterocycles. The molecule has 0 aliphatic carbocycles. The van der Waals surface area contributed by atoms with Crippen LogP contribution in [0.2, 0.25) is 0 Å². The van der Waals surface area contributed by atoms with Gasteiger partial charge in [-0.2, -0.15) is 4.31 Å². The molecule has 0 N–H and O–H groups in total. The van der Waals surface area contributed by atoms with Crippen LogP contribution in [0.5, 0.6) is 0 Å². The van der Waals surface area contributed by atoms with Crippen molar-refractivity contribution in [3.63, 3.8) is 0 Å². The van der Waals surface area contributed by atoms with E-state index in [4.69, 9.17) is 0 Å². The van der Waals surface area contributed by atoms with Gasteiger partial charge in [0.25, 0.3) is 0 Å². The molecule has 1 saturated heterocycles. The van der Waals surface area contributed by atoms with Crippen molar-refractivity contribution < 1.29 is 8.42 Å². The standard InChI is InChI=1S/C15H32N2O2S/c1-6-17(20(5,18)19)15-7-9-16(10-8-15)12-14(4)11-13(2)3/h13-15H,6-12H2,1-5H3. The first kappa shape index (κ1) is 17.9. The highest BCUT2D eigenvalue weighted by molar-refractivity contribution is 7.88. The molecule has 1 fully saturated rings. The maximum atomic E-state index is 11.8. The Labute approximate surface area is 125 Å². The molecule has 20 heavy (non-hydrogen) atoms. The smallest absolute Gasteiger partial charge is 0.211 e. The second-order valence-electron chi connectivity index (χ2n) is 6.73. The molecule has 5 heteroatoms. The Morgan fingerprint density at radius 2 is 1.75 bits per heavy atom. The van der Waals surface area contributed by atoms with Gasteiger partial charge in [-0.25, -0.2) is 8.42 Å². The summed E-state index contributed by atoms with van der Waals surface area (Å²) >= 11 is 0. The summed E-state index contributed by atoms with van der Waals surface area (Å²) in [5.41, 5.74) is 0. The number of likely N-dealkylation sites (tertiary alicyclic amines) is 1. The third-order valence-electron chi connectivity index (χ3n) is 4.15. The zero-order chi connectivity index (χ0) is 15.3. The summed E-state index contributed by atoms with van der Waals surface area (Å²) in [5.74, 6) is 1.48. The van der Waals surface area contributed by atoms with Crippen LogP contribution in [-0.4, -0.2) is 56.1 Å². The molecule has 1 unspecified atom stereocenters. The van der Waals surface area contributed by atoms with Crippen molar-refractivity contribution in [3.8, 4) is 0 Å². The van der Waals surface area contributed by atoms with Crippen molar-refractivity contribution in [2.75, 3.05) is 32.4 Å². The number of nitrogens with zero attached hydrogens (tertiary/aromatic N) is 2. The summed E-state index contributed by atoms with van der Waals surface area (Å²) in [6, 6.07) is 0.201. The van der Waals surface area contributed by atoms with Gasteiger partial charge in [-0.15, -0.1) is 0 Å². The first-order valence-corrected chi connectivity index (χ1v) is 9.78. The normalized spacial score (nSPS) is 20.8. The fourth-order valence-electron chi connectivity index (χ4n) is 3.47. The van der Waals surface area contributed by atoms with Crippen LogP contribution in [0.4, 0.5) is 0 Å². The minimum atomic E-state index is -3.06. The van der Waals surface area contributed by atoms with Crippen LogP contribution in [0.25, 0.3) is 0 Å². The van der Waals surface area contributed by atoms with Crippen molar-refractivity contribution in [2.24, 2.45) is 11.8 Å². The van der Waals surface area contributed by atoms with Crippen molar-refractivity contribution in [3.05, 3.63) is 0 Å². The lowest BCUT2D eigenvalue weighted by atomic mass is 9.97. The average molecular weight is 305 g/mol. The van der Waals surface area contributed by atoms with Crippen molar-refractivity contribution in [1.29, 1.82) is 0 Å². The van der Waals surface area contributed by atoms with Gasteiger partial charge in [0.05, 0.1) is 6.26 Å². The van der Waals surface area contributed by atoms with Gasteiger partial charge in [-0.05, 0) is 44.2 Å². The van der Waals surface area contributed by atoms with Gasteiger partial charge in [0.15, 0.2) is 0 Å². The molecule has 0 saturated carbocycles. The van der Waals surface area contributed by atoms with Crippen LogP contribution in [-0.2, 0) is 10.0 Å². The molecule has 0 bridgehead atoms. The van der Waals surface area contributed by atoms with Crippen molar-refractivity contribution in [1.82, 2.24) is 9.21 Å². The Balaban J connectivity index is 2.43. The molecule has 1 aliphatic rings. The molecule has 0 amide bonds. The first-order chi connectivity index (χ1) is 9.24. The average Bonchev–Trinajstić information content (AvgIpc) is 2.29. The van der Waals surface area contributed by atoms with E-state index in [0.29, 0.717) is 6.54 Å². The fourth-order valence-corrected chi connectivity index (χ4v) is 4.69. The van der Waals surface area contributed by atoms with Crippen LogP contribution in [0.15, 0.2) is 0 Å². The van der Waals surface area contributed by atoms with Gasteiger partial charge in [0.1, 0.15) is 0 Å². The highest BCUT2D eigenvalue weighted by atomic mass is 32.2. The maximum Gasteiger partial charge on any atom is 0.211 e. The van der Waals surface area contributed by atoms with E-state index in [1.54, 1.807) is 4.31 Å². The minimum absolute atomic E-state index is 0.201. The Bertz CT molecular complexity index is 373. The largest absolute Gasteiger partial charge is 0.303 e. The number of hydrogen-bond donors (Lipinski definition) is 0. The summed E-state index contributed by atoms with van der Waals surface area (Å²) in [6.07, 6.45) is 4.53. The molecule has 0 aromatic carbocycles. The van der Waals surface area contributed by atoms with Crippen LogP contribution in [0, 0.1) is 11.8 Å². The maximum absolute atomic E-state index is 11.8. The highest BCUT2D eigenvalue weighted by Gasteiger charge is 2.29. The van der Waals surface area contributed by atoms with E-state index in [1.807, 2.05) is 6.92 Å². The third-order valence-corrected chi connectivity index (χ3v) is 5.55. The van der Waals surface area contributed by atoms with Gasteiger partial charge in [0.2, 0.25) is 10.0 Å². The van der Waals surface area contributed by atoms with Crippen molar-refractivity contribution in [2.45, 2.75) is 53.0 Å². The lowest BCUT2D eigenvalue weighted by Gasteiger charge is -2.37. The third kappa shape index (κ3) is 5.70. The van der Waals surface area contributed by atoms with E-state index < -0.39 is 10.0 Å². The summed E-state index contributed by atoms with van der Waals surface area (Å²) in [6.45, 7) is 12.6. The van der Waals surface area contributed by atoms with E-state index in [9.17, 15) is 8.42 Å². The monoisotopic (exact) mass is 304 g/mol. The fraction of sp³-hybridized carbons (Fsp3) is 1.00. The number of rotatable bonds is 7. The quantitative estimate of drug-likeness (QED) is 0.725. The van der Waals surface area contributed by atoms with Crippen LogP contribution in [0.1, 0.15) is 47.0 Å². The van der Waals surface area contributed by atoms with E-state index in [2.05, 4.69) is 25.7 Å². The predicted molar refractivity (Wildman–Crippen MR) is 85.3 cm³/mol. The van der Waals surface area contributed by atoms with Gasteiger partial charge in [-0.3, -0.25) is 0 Å².